The number of hydrogen-bond acceptors (Lipinski definition) is 4. The molecule has 2 heterocycles. The normalized spacial score (nSPS) is 17.4. The van der Waals surface area contributed by atoms with E-state index in [2.05, 4.69) is 0 Å². The van der Waals surface area contributed by atoms with Gasteiger partial charge in [-0.25, -0.2) is 0 Å². The largest absolute Gasteiger partial charge is 0.459 e. The van der Waals surface area contributed by atoms with E-state index in [1.54, 1.807) is 17.0 Å². The zero-order valence-electron chi connectivity index (χ0n) is 10.2. The SMILES string of the molecule is NC(=O)CN1CCCN(C(=O)c2ccco2)CC1. The highest BCUT2D eigenvalue weighted by molar-refractivity contribution is 5.91. The molecule has 0 unspecified atom stereocenters. The van der Waals surface area contributed by atoms with Crippen molar-refractivity contribution in [2.45, 2.75) is 6.42 Å². The fourth-order valence-electron chi connectivity index (χ4n) is 2.11. The van der Waals surface area contributed by atoms with Crippen molar-refractivity contribution in [3.05, 3.63) is 24.2 Å². The van der Waals surface area contributed by atoms with E-state index < -0.39 is 0 Å². The number of carbonyl (C=O) groups excluding carboxylic acids is 2. The molecule has 18 heavy (non-hydrogen) atoms. The first-order chi connectivity index (χ1) is 8.66. The third-order valence-corrected chi connectivity index (χ3v) is 2.99. The summed E-state index contributed by atoms with van der Waals surface area (Å²) in [6.07, 6.45) is 2.32. The fourth-order valence-corrected chi connectivity index (χ4v) is 2.11. The van der Waals surface area contributed by atoms with Gasteiger partial charge < -0.3 is 15.1 Å². The molecule has 0 atom stereocenters. The van der Waals surface area contributed by atoms with Gasteiger partial charge in [0.1, 0.15) is 0 Å². The molecule has 0 aliphatic carbocycles. The maximum Gasteiger partial charge on any atom is 0.289 e. The van der Waals surface area contributed by atoms with Crippen molar-refractivity contribution in [1.82, 2.24) is 9.80 Å². The summed E-state index contributed by atoms with van der Waals surface area (Å²) in [6, 6.07) is 3.36. The number of hydrogen-bond donors (Lipinski definition) is 1. The first kappa shape index (κ1) is 12.6. The Hall–Kier alpha value is -1.82. The van der Waals surface area contributed by atoms with E-state index in [0.29, 0.717) is 25.4 Å². The summed E-state index contributed by atoms with van der Waals surface area (Å²) in [4.78, 5) is 26.7. The molecular formula is C12H17N3O3. The number of nitrogens with zero attached hydrogens (tertiary/aromatic N) is 2. The first-order valence-electron chi connectivity index (χ1n) is 6.00. The van der Waals surface area contributed by atoms with E-state index in [0.717, 1.165) is 13.0 Å². The summed E-state index contributed by atoms with van der Waals surface area (Å²) in [6.45, 7) is 2.96. The smallest absolute Gasteiger partial charge is 0.289 e. The molecule has 0 saturated carbocycles. The van der Waals surface area contributed by atoms with Crippen molar-refractivity contribution in [1.29, 1.82) is 0 Å². The molecule has 2 amide bonds. The molecule has 1 aromatic rings. The van der Waals surface area contributed by atoms with Crippen LogP contribution >= 0.6 is 0 Å². The molecule has 6 nitrogen and oxygen atoms in total. The Labute approximate surface area is 105 Å². The molecule has 1 aliphatic heterocycles. The van der Waals surface area contributed by atoms with Gasteiger partial charge in [0.2, 0.25) is 5.91 Å². The van der Waals surface area contributed by atoms with Crippen molar-refractivity contribution in [3.8, 4) is 0 Å². The molecule has 6 heteroatoms. The third kappa shape index (κ3) is 3.10. The van der Waals surface area contributed by atoms with Crippen molar-refractivity contribution >= 4 is 11.8 Å². The van der Waals surface area contributed by atoms with E-state index in [9.17, 15) is 9.59 Å². The Kier molecular flexibility index (Phi) is 3.99. The van der Waals surface area contributed by atoms with Gasteiger partial charge in [0.05, 0.1) is 12.8 Å². The summed E-state index contributed by atoms with van der Waals surface area (Å²) in [5.74, 6) is -0.0694. The van der Waals surface area contributed by atoms with Crippen molar-refractivity contribution in [3.63, 3.8) is 0 Å². The average molecular weight is 251 g/mol. The molecule has 0 aromatic carbocycles. The summed E-state index contributed by atoms with van der Waals surface area (Å²) < 4.78 is 5.10. The highest BCUT2D eigenvalue weighted by atomic mass is 16.3. The van der Waals surface area contributed by atoms with Gasteiger partial charge >= 0.3 is 0 Å². The molecule has 1 aliphatic rings. The number of primary amides is 1. The molecular weight excluding hydrogens is 234 g/mol. The maximum atomic E-state index is 12.1. The second kappa shape index (κ2) is 5.68. The van der Waals surface area contributed by atoms with Gasteiger partial charge in [-0.1, -0.05) is 0 Å². The second-order valence-electron chi connectivity index (χ2n) is 4.37. The average Bonchev–Trinajstić information content (AvgIpc) is 2.76. The van der Waals surface area contributed by atoms with Gasteiger partial charge in [-0.3, -0.25) is 14.5 Å². The molecule has 0 bridgehead atoms. The Balaban J connectivity index is 1.93. The lowest BCUT2D eigenvalue weighted by Crippen LogP contribution is -2.38. The Morgan fingerprint density at radius 2 is 2.11 bits per heavy atom. The van der Waals surface area contributed by atoms with Crippen LogP contribution in [-0.4, -0.2) is 54.3 Å². The number of rotatable bonds is 3. The lowest BCUT2D eigenvalue weighted by molar-refractivity contribution is -0.119. The van der Waals surface area contributed by atoms with Crippen LogP contribution in [0.4, 0.5) is 0 Å². The van der Waals surface area contributed by atoms with Crippen molar-refractivity contribution in [2.24, 2.45) is 5.73 Å². The third-order valence-electron chi connectivity index (χ3n) is 2.99. The summed E-state index contributed by atoms with van der Waals surface area (Å²) >= 11 is 0. The monoisotopic (exact) mass is 251 g/mol. The zero-order valence-corrected chi connectivity index (χ0v) is 10.2. The quantitative estimate of drug-likeness (QED) is 0.814. The standard InChI is InChI=1S/C12H17N3O3/c13-11(16)9-14-4-2-5-15(7-6-14)12(17)10-3-1-8-18-10/h1,3,8H,2,4-7,9H2,(H2,13,16). The number of furan rings is 1. The predicted octanol–water partition coefficient (Wildman–Crippen LogP) is -0.0872. The van der Waals surface area contributed by atoms with E-state index in [4.69, 9.17) is 10.2 Å². The fraction of sp³-hybridized carbons (Fsp3) is 0.500. The topological polar surface area (TPSA) is 79.8 Å². The van der Waals surface area contributed by atoms with Crippen molar-refractivity contribution < 1.29 is 14.0 Å². The van der Waals surface area contributed by atoms with Crippen molar-refractivity contribution in [2.75, 3.05) is 32.7 Å². The van der Waals surface area contributed by atoms with Gasteiger partial charge in [0.25, 0.3) is 5.91 Å². The van der Waals surface area contributed by atoms with Gasteiger partial charge in [-0.15, -0.1) is 0 Å². The van der Waals surface area contributed by atoms with E-state index in [1.165, 1.54) is 6.26 Å². The maximum absolute atomic E-state index is 12.1. The minimum absolute atomic E-state index is 0.0964. The minimum atomic E-state index is -0.333. The lowest BCUT2D eigenvalue weighted by atomic mass is 10.3. The minimum Gasteiger partial charge on any atom is -0.459 e. The molecule has 98 valence electrons. The second-order valence-corrected chi connectivity index (χ2v) is 4.37. The molecule has 0 spiro atoms. The predicted molar refractivity (Wildman–Crippen MR) is 64.9 cm³/mol. The lowest BCUT2D eigenvalue weighted by Gasteiger charge is -2.20. The zero-order chi connectivity index (χ0) is 13.0. The molecule has 0 radical (unpaired) electrons. The highest BCUT2D eigenvalue weighted by Gasteiger charge is 2.22. The molecule has 1 fully saturated rings. The van der Waals surface area contributed by atoms with Crippen LogP contribution in [-0.2, 0) is 4.79 Å². The van der Waals surface area contributed by atoms with Crippen LogP contribution in [0.2, 0.25) is 0 Å². The molecule has 2 rings (SSSR count). The van der Waals surface area contributed by atoms with Gasteiger partial charge in [0.15, 0.2) is 5.76 Å². The number of amides is 2. The van der Waals surface area contributed by atoms with E-state index in [-0.39, 0.29) is 18.4 Å². The van der Waals surface area contributed by atoms with Gasteiger partial charge in [-0.05, 0) is 18.6 Å². The Bertz CT molecular complexity index is 416. The number of carbonyl (C=O) groups is 2. The summed E-state index contributed by atoms with van der Waals surface area (Å²) in [7, 11) is 0. The number of nitrogens with two attached hydrogens (primary N) is 1. The van der Waals surface area contributed by atoms with E-state index in [1.807, 2.05) is 4.90 Å². The Morgan fingerprint density at radius 3 is 2.78 bits per heavy atom. The van der Waals surface area contributed by atoms with Crippen LogP contribution in [0.25, 0.3) is 0 Å². The molecule has 1 aromatic heterocycles. The van der Waals surface area contributed by atoms with Crippen LogP contribution in [0.3, 0.4) is 0 Å². The van der Waals surface area contributed by atoms with Crippen LogP contribution < -0.4 is 5.73 Å². The van der Waals surface area contributed by atoms with E-state index >= 15 is 0 Å². The van der Waals surface area contributed by atoms with Gasteiger partial charge in [-0.2, -0.15) is 0 Å². The molecule has 1 saturated heterocycles. The first-order valence-corrected chi connectivity index (χ1v) is 6.00. The Morgan fingerprint density at radius 1 is 1.28 bits per heavy atom. The van der Waals surface area contributed by atoms with Crippen LogP contribution in [0.5, 0.6) is 0 Å². The van der Waals surface area contributed by atoms with Crippen LogP contribution in [0.1, 0.15) is 17.0 Å². The summed E-state index contributed by atoms with van der Waals surface area (Å²) in [5, 5.41) is 0. The molecule has 2 N–H and O–H groups in total. The summed E-state index contributed by atoms with van der Waals surface area (Å²) in [5.41, 5.74) is 5.17. The highest BCUT2D eigenvalue weighted by Crippen LogP contribution is 2.09. The van der Waals surface area contributed by atoms with Crippen LogP contribution in [0.15, 0.2) is 22.8 Å². The van der Waals surface area contributed by atoms with Crippen LogP contribution in [0, 0.1) is 0 Å². The van der Waals surface area contributed by atoms with Gasteiger partial charge in [0, 0.05) is 26.2 Å².